The van der Waals surface area contributed by atoms with Crippen molar-refractivity contribution in [3.05, 3.63) is 34.3 Å². The predicted molar refractivity (Wildman–Crippen MR) is 69.4 cm³/mol. The van der Waals surface area contributed by atoms with Gasteiger partial charge in [0.25, 0.3) is 0 Å². The summed E-state index contributed by atoms with van der Waals surface area (Å²) in [5, 5.41) is 13.9. The lowest BCUT2D eigenvalue weighted by Crippen LogP contribution is -2.50. The number of hydrogen-bond donors (Lipinski definition) is 2. The van der Waals surface area contributed by atoms with Crippen molar-refractivity contribution in [2.75, 3.05) is 13.1 Å². The molecule has 1 aliphatic rings. The summed E-state index contributed by atoms with van der Waals surface area (Å²) in [6, 6.07) is 8.21. The van der Waals surface area contributed by atoms with E-state index in [4.69, 9.17) is 0 Å². The normalized spacial score (nSPS) is 30.3. The number of piperidine rings is 1. The fraction of sp³-hybridized carbons (Fsp3) is 0.538. The molecule has 2 nitrogen and oxygen atoms in total. The molecule has 1 heterocycles. The minimum absolute atomic E-state index is 0.306. The molecule has 2 atom stereocenters. The Hall–Kier alpha value is -0.380. The van der Waals surface area contributed by atoms with Gasteiger partial charge >= 0.3 is 0 Å². The van der Waals surface area contributed by atoms with Crippen molar-refractivity contribution >= 4 is 15.9 Å². The van der Waals surface area contributed by atoms with Gasteiger partial charge in [-0.1, -0.05) is 35.0 Å². The fourth-order valence-corrected chi connectivity index (χ4v) is 2.77. The van der Waals surface area contributed by atoms with E-state index in [1.54, 1.807) is 0 Å². The average Bonchev–Trinajstić information content (AvgIpc) is 2.23. The number of nitrogens with one attached hydrogen (secondary N) is 1. The van der Waals surface area contributed by atoms with Crippen LogP contribution in [0.4, 0.5) is 0 Å². The molecule has 2 unspecified atom stereocenters. The van der Waals surface area contributed by atoms with Crippen LogP contribution in [0, 0.1) is 5.92 Å². The van der Waals surface area contributed by atoms with Gasteiger partial charge in [0.05, 0.1) is 5.60 Å². The van der Waals surface area contributed by atoms with Gasteiger partial charge < -0.3 is 10.4 Å². The highest BCUT2D eigenvalue weighted by molar-refractivity contribution is 9.10. The smallest absolute Gasteiger partial charge is 0.0737 e. The molecule has 1 aromatic rings. The van der Waals surface area contributed by atoms with E-state index in [2.05, 4.69) is 40.3 Å². The lowest BCUT2D eigenvalue weighted by atomic mass is 9.78. The van der Waals surface area contributed by atoms with Crippen LogP contribution in [0.5, 0.6) is 0 Å². The summed E-state index contributed by atoms with van der Waals surface area (Å²) in [6.07, 6.45) is 1.58. The summed E-state index contributed by atoms with van der Waals surface area (Å²) in [5.74, 6) is 0.306. The van der Waals surface area contributed by atoms with E-state index in [9.17, 15) is 5.11 Å². The third kappa shape index (κ3) is 2.65. The monoisotopic (exact) mass is 283 g/mol. The predicted octanol–water partition coefficient (Wildman–Crippen LogP) is 2.35. The highest BCUT2D eigenvalue weighted by atomic mass is 79.9. The van der Waals surface area contributed by atoms with E-state index < -0.39 is 5.60 Å². The van der Waals surface area contributed by atoms with Gasteiger partial charge in [0, 0.05) is 17.4 Å². The third-order valence-corrected chi connectivity index (χ3v) is 4.00. The SMILES string of the molecule is CC1CNCCC1(O)Cc1cccc(Br)c1. The first-order valence-corrected chi connectivity index (χ1v) is 6.57. The molecule has 0 aliphatic carbocycles. The van der Waals surface area contributed by atoms with Crippen molar-refractivity contribution in [2.45, 2.75) is 25.4 Å². The molecule has 0 amide bonds. The minimum atomic E-state index is -0.550. The molecule has 3 heteroatoms. The van der Waals surface area contributed by atoms with Crippen molar-refractivity contribution < 1.29 is 5.11 Å². The van der Waals surface area contributed by atoms with Gasteiger partial charge in [-0.2, -0.15) is 0 Å². The Kier molecular flexibility index (Phi) is 3.67. The summed E-state index contributed by atoms with van der Waals surface area (Å²) < 4.78 is 1.08. The minimum Gasteiger partial charge on any atom is -0.389 e. The first-order valence-electron chi connectivity index (χ1n) is 5.78. The first-order chi connectivity index (χ1) is 7.60. The summed E-state index contributed by atoms with van der Waals surface area (Å²) in [5.41, 5.74) is 0.650. The molecule has 0 spiro atoms. The molecule has 0 saturated carbocycles. The van der Waals surface area contributed by atoms with E-state index in [0.717, 1.165) is 30.4 Å². The Morgan fingerprint density at radius 2 is 2.38 bits per heavy atom. The first kappa shape index (κ1) is 12.1. The molecule has 16 heavy (non-hydrogen) atoms. The Morgan fingerprint density at radius 1 is 1.56 bits per heavy atom. The summed E-state index contributed by atoms with van der Waals surface area (Å²) in [7, 11) is 0. The molecule has 1 fully saturated rings. The van der Waals surface area contributed by atoms with Gasteiger partial charge in [0.15, 0.2) is 0 Å². The van der Waals surface area contributed by atoms with Crippen molar-refractivity contribution in [2.24, 2.45) is 5.92 Å². The van der Waals surface area contributed by atoms with Crippen molar-refractivity contribution in [1.82, 2.24) is 5.32 Å². The number of rotatable bonds is 2. The second kappa shape index (κ2) is 4.86. The summed E-state index contributed by atoms with van der Waals surface area (Å²) >= 11 is 3.47. The molecular formula is C13H18BrNO. The zero-order valence-electron chi connectivity index (χ0n) is 9.54. The van der Waals surface area contributed by atoms with Gasteiger partial charge in [0.2, 0.25) is 0 Å². The number of benzene rings is 1. The van der Waals surface area contributed by atoms with Gasteiger partial charge in [-0.3, -0.25) is 0 Å². The zero-order chi connectivity index (χ0) is 11.6. The Bertz CT molecular complexity index is 369. The highest BCUT2D eigenvalue weighted by Gasteiger charge is 2.35. The van der Waals surface area contributed by atoms with Crippen LogP contribution < -0.4 is 5.32 Å². The largest absolute Gasteiger partial charge is 0.389 e. The average molecular weight is 284 g/mol. The number of aliphatic hydroxyl groups is 1. The van der Waals surface area contributed by atoms with E-state index in [1.807, 2.05) is 12.1 Å². The molecule has 88 valence electrons. The quantitative estimate of drug-likeness (QED) is 0.873. The van der Waals surface area contributed by atoms with Crippen LogP contribution in [-0.2, 0) is 6.42 Å². The summed E-state index contributed by atoms with van der Waals surface area (Å²) in [6.45, 7) is 3.93. The summed E-state index contributed by atoms with van der Waals surface area (Å²) in [4.78, 5) is 0. The second-order valence-electron chi connectivity index (χ2n) is 4.77. The van der Waals surface area contributed by atoms with Crippen LogP contribution in [-0.4, -0.2) is 23.8 Å². The van der Waals surface area contributed by atoms with Crippen LogP contribution in [0.1, 0.15) is 18.9 Å². The maximum absolute atomic E-state index is 10.6. The topological polar surface area (TPSA) is 32.3 Å². The number of hydrogen-bond acceptors (Lipinski definition) is 2. The van der Waals surface area contributed by atoms with E-state index >= 15 is 0 Å². The second-order valence-corrected chi connectivity index (χ2v) is 5.68. The lowest BCUT2D eigenvalue weighted by Gasteiger charge is -2.38. The van der Waals surface area contributed by atoms with Crippen LogP contribution in [0.25, 0.3) is 0 Å². The lowest BCUT2D eigenvalue weighted by molar-refractivity contribution is -0.0329. The number of halogens is 1. The molecular weight excluding hydrogens is 266 g/mol. The standard InChI is InChI=1S/C13H18BrNO/c1-10-9-15-6-5-13(10,16)8-11-3-2-4-12(14)7-11/h2-4,7,10,15-16H,5-6,8-9H2,1H3. The van der Waals surface area contributed by atoms with Crippen LogP contribution in [0.15, 0.2) is 28.7 Å². The molecule has 2 N–H and O–H groups in total. The van der Waals surface area contributed by atoms with Crippen LogP contribution >= 0.6 is 15.9 Å². The van der Waals surface area contributed by atoms with Crippen LogP contribution in [0.2, 0.25) is 0 Å². The maximum Gasteiger partial charge on any atom is 0.0737 e. The Labute approximate surface area is 105 Å². The van der Waals surface area contributed by atoms with Gasteiger partial charge in [-0.15, -0.1) is 0 Å². The molecule has 0 radical (unpaired) electrons. The zero-order valence-corrected chi connectivity index (χ0v) is 11.1. The van der Waals surface area contributed by atoms with Crippen molar-refractivity contribution in [3.8, 4) is 0 Å². The van der Waals surface area contributed by atoms with E-state index in [0.29, 0.717) is 5.92 Å². The van der Waals surface area contributed by atoms with Gasteiger partial charge in [-0.05, 0) is 36.6 Å². The highest BCUT2D eigenvalue weighted by Crippen LogP contribution is 2.28. The molecule has 1 aliphatic heterocycles. The van der Waals surface area contributed by atoms with Gasteiger partial charge in [-0.25, -0.2) is 0 Å². The van der Waals surface area contributed by atoms with Crippen molar-refractivity contribution in [1.29, 1.82) is 0 Å². The third-order valence-electron chi connectivity index (χ3n) is 3.50. The molecule has 0 aromatic heterocycles. The molecule has 1 aromatic carbocycles. The molecule has 2 rings (SSSR count). The Morgan fingerprint density at radius 3 is 3.06 bits per heavy atom. The van der Waals surface area contributed by atoms with Crippen molar-refractivity contribution in [3.63, 3.8) is 0 Å². The van der Waals surface area contributed by atoms with Crippen LogP contribution in [0.3, 0.4) is 0 Å². The molecule has 0 bridgehead atoms. The fourth-order valence-electron chi connectivity index (χ4n) is 2.32. The Balaban J connectivity index is 2.13. The molecule has 1 saturated heterocycles. The van der Waals surface area contributed by atoms with E-state index in [-0.39, 0.29) is 0 Å². The van der Waals surface area contributed by atoms with E-state index in [1.165, 1.54) is 5.56 Å². The maximum atomic E-state index is 10.6. The van der Waals surface area contributed by atoms with Gasteiger partial charge in [0.1, 0.15) is 0 Å².